The normalized spacial score (nSPS) is 17.5. The van der Waals surface area contributed by atoms with Gasteiger partial charge < -0.3 is 40.1 Å². The van der Waals surface area contributed by atoms with Gasteiger partial charge in [-0.05, 0) is 78.2 Å². The second-order valence-corrected chi connectivity index (χ2v) is 22.4. The summed E-state index contributed by atoms with van der Waals surface area (Å²) in [5.41, 5.74) is 12.3. The SMILES string of the molecule is NCc1ccc2c(c1)Sc1ccccc1N=C2N1CCN(CCOCCO)CC1.O=C(CCc1ccc2c(c1)Sc1ccccc1N=C2N1CCN(CCOCCO)CC1)CN1C(=O)C=CC1=O.O=C1C=CC(=O)C1.O=NOC1C(=O)CCC1=O. The Kier molecular flexibility index (Phi) is 24.1. The van der Waals surface area contributed by atoms with Crippen molar-refractivity contribution in [3.8, 4) is 0 Å². The van der Waals surface area contributed by atoms with Gasteiger partial charge in [-0.25, -0.2) is 9.98 Å². The highest BCUT2D eigenvalue weighted by atomic mass is 32.2. The molecular formula is C61H69N9O13S2. The van der Waals surface area contributed by atoms with Crippen molar-refractivity contribution in [2.24, 2.45) is 21.1 Å². The molecule has 2 aliphatic carbocycles. The first-order chi connectivity index (χ1) is 41.3. The summed E-state index contributed by atoms with van der Waals surface area (Å²) in [6, 6.07) is 29.2. The topological polar surface area (TPSA) is 284 Å². The van der Waals surface area contributed by atoms with E-state index in [-0.39, 0.29) is 74.4 Å². The first-order valence-electron chi connectivity index (χ1n) is 28.2. The van der Waals surface area contributed by atoms with E-state index in [9.17, 15) is 38.5 Å². The van der Waals surface area contributed by atoms with Crippen molar-refractivity contribution in [3.05, 3.63) is 136 Å². The van der Waals surface area contributed by atoms with Crippen LogP contribution in [0.4, 0.5) is 11.4 Å². The molecular weight excluding hydrogens is 1130 g/mol. The molecule has 0 atom stereocenters. The number of ether oxygens (including phenoxy) is 2. The van der Waals surface area contributed by atoms with E-state index in [1.807, 2.05) is 35.7 Å². The number of imide groups is 1. The number of carbonyl (C=O) groups excluding carboxylic acids is 7. The van der Waals surface area contributed by atoms with Crippen molar-refractivity contribution in [2.75, 3.05) is 112 Å². The molecule has 11 rings (SSSR count). The lowest BCUT2D eigenvalue weighted by Crippen LogP contribution is -2.49. The third-order valence-electron chi connectivity index (χ3n) is 14.4. The molecule has 4 N–H and O–H groups in total. The van der Waals surface area contributed by atoms with Crippen molar-refractivity contribution in [3.63, 3.8) is 0 Å². The van der Waals surface area contributed by atoms with Gasteiger partial charge in [0.05, 0.1) is 64.0 Å². The minimum Gasteiger partial charge on any atom is -0.394 e. The number of nitrogens with two attached hydrogens (primary N) is 1. The minimum absolute atomic E-state index is 0.0445. The Morgan fingerprint density at radius 1 is 0.600 bits per heavy atom. The van der Waals surface area contributed by atoms with E-state index in [1.165, 1.54) is 39.7 Å². The van der Waals surface area contributed by atoms with Crippen LogP contribution in [0, 0.1) is 4.91 Å². The second kappa shape index (κ2) is 32.2. The average molecular weight is 1200 g/mol. The van der Waals surface area contributed by atoms with Crippen LogP contribution in [-0.2, 0) is 60.8 Å². The Morgan fingerprint density at radius 2 is 1.07 bits per heavy atom. The molecule has 85 heavy (non-hydrogen) atoms. The van der Waals surface area contributed by atoms with E-state index in [4.69, 9.17) is 35.4 Å². The molecule has 0 unspecified atom stereocenters. The van der Waals surface area contributed by atoms with Crippen LogP contribution >= 0.6 is 23.5 Å². The molecule has 0 bridgehead atoms. The molecule has 448 valence electrons. The van der Waals surface area contributed by atoms with Crippen LogP contribution in [0.1, 0.15) is 47.9 Å². The number of amides is 2. The van der Waals surface area contributed by atoms with Crippen LogP contribution in [0.25, 0.3) is 0 Å². The van der Waals surface area contributed by atoms with Crippen molar-refractivity contribution in [1.82, 2.24) is 24.5 Å². The molecule has 0 spiro atoms. The van der Waals surface area contributed by atoms with E-state index in [0.717, 1.165) is 120 Å². The lowest BCUT2D eigenvalue weighted by atomic mass is 10.0. The largest absolute Gasteiger partial charge is 0.394 e. The molecule has 2 saturated heterocycles. The van der Waals surface area contributed by atoms with Crippen molar-refractivity contribution in [1.29, 1.82) is 0 Å². The van der Waals surface area contributed by atoms with Gasteiger partial charge in [0.25, 0.3) is 11.8 Å². The lowest BCUT2D eigenvalue weighted by Gasteiger charge is -2.36. The Balaban J connectivity index is 0.000000177. The number of hydrogen-bond acceptors (Lipinski definition) is 23. The average Bonchev–Trinajstić information content (AvgIpc) is 3.21. The summed E-state index contributed by atoms with van der Waals surface area (Å²) in [7, 11) is 0. The maximum Gasteiger partial charge on any atom is 0.254 e. The number of allylic oxidation sites excluding steroid dienone is 2. The predicted molar refractivity (Wildman–Crippen MR) is 319 cm³/mol. The summed E-state index contributed by atoms with van der Waals surface area (Å²) >= 11 is 3.46. The van der Waals surface area contributed by atoms with Crippen LogP contribution in [-0.4, -0.2) is 205 Å². The fourth-order valence-electron chi connectivity index (χ4n) is 9.83. The molecule has 7 aliphatic rings. The number of aliphatic hydroxyl groups is 2. The lowest BCUT2D eigenvalue weighted by molar-refractivity contribution is -0.140. The number of amidine groups is 2. The molecule has 2 amide bonds. The van der Waals surface area contributed by atoms with Crippen molar-refractivity contribution in [2.45, 2.75) is 64.3 Å². The number of para-hydroxylation sites is 2. The molecule has 22 nitrogen and oxygen atoms in total. The summed E-state index contributed by atoms with van der Waals surface area (Å²) in [4.78, 5) is 116. The molecule has 4 aromatic rings. The monoisotopic (exact) mass is 1200 g/mol. The third-order valence-corrected chi connectivity index (χ3v) is 16.7. The van der Waals surface area contributed by atoms with Crippen LogP contribution < -0.4 is 5.73 Å². The first kappa shape index (κ1) is 63.6. The highest BCUT2D eigenvalue weighted by molar-refractivity contribution is 7.99. The van der Waals surface area contributed by atoms with Gasteiger partial charge >= 0.3 is 0 Å². The molecule has 5 aliphatic heterocycles. The Labute approximate surface area is 501 Å². The van der Waals surface area contributed by atoms with Crippen molar-refractivity contribution >= 4 is 87.3 Å². The highest BCUT2D eigenvalue weighted by Gasteiger charge is 2.36. The molecule has 0 aromatic heterocycles. The fraction of sp³-hybridized carbons (Fsp3) is 0.393. The van der Waals surface area contributed by atoms with Crippen LogP contribution in [0.15, 0.2) is 144 Å². The van der Waals surface area contributed by atoms with E-state index in [1.54, 1.807) is 23.5 Å². The zero-order valence-corrected chi connectivity index (χ0v) is 48.7. The second-order valence-electron chi connectivity index (χ2n) is 20.3. The molecule has 24 heteroatoms. The van der Waals surface area contributed by atoms with Crippen LogP contribution in [0.5, 0.6) is 0 Å². The number of carbonyl (C=O) groups is 7. The number of benzene rings is 4. The summed E-state index contributed by atoms with van der Waals surface area (Å²) in [6.07, 6.45) is 5.00. The van der Waals surface area contributed by atoms with E-state index >= 15 is 0 Å². The number of fused-ring (bicyclic) bond motifs is 4. The number of aliphatic imine (C=N–C) groups is 2. The summed E-state index contributed by atoms with van der Waals surface area (Å²) < 4.78 is 10.8. The summed E-state index contributed by atoms with van der Waals surface area (Å²) in [5, 5.41) is 19.7. The highest BCUT2D eigenvalue weighted by Crippen LogP contribution is 2.43. The van der Waals surface area contributed by atoms with E-state index in [2.05, 4.69) is 79.0 Å². The molecule has 0 radical (unpaired) electrons. The maximum absolute atomic E-state index is 12.5. The number of nitrogens with zero attached hydrogens (tertiary/aromatic N) is 8. The van der Waals surface area contributed by atoms with Crippen molar-refractivity contribution < 1.29 is 58.1 Å². The smallest absolute Gasteiger partial charge is 0.254 e. The van der Waals surface area contributed by atoms with Gasteiger partial charge in [-0.3, -0.25) is 48.3 Å². The molecule has 4 aromatic carbocycles. The Bertz CT molecular complexity index is 3160. The molecule has 5 heterocycles. The number of ketones is 5. The van der Waals surface area contributed by atoms with Gasteiger partial charge in [0.15, 0.2) is 34.3 Å². The van der Waals surface area contributed by atoms with E-state index < -0.39 is 17.9 Å². The van der Waals surface area contributed by atoms with Gasteiger partial charge in [0, 0.05) is 134 Å². The first-order valence-corrected chi connectivity index (χ1v) is 29.8. The van der Waals surface area contributed by atoms with Gasteiger partial charge in [0.2, 0.25) is 6.10 Å². The number of hydrogen-bond donors (Lipinski definition) is 3. The predicted octanol–water partition coefficient (Wildman–Crippen LogP) is 4.67. The fourth-order valence-corrected chi connectivity index (χ4v) is 12.0. The number of piperazine rings is 2. The number of aryl methyl sites for hydroxylation is 1. The van der Waals surface area contributed by atoms with Gasteiger partial charge in [-0.2, -0.15) is 0 Å². The number of Topliss-reactive ketones (excluding diaryl/α,β-unsaturated/α-hetero) is 3. The zero-order valence-electron chi connectivity index (χ0n) is 47.1. The quantitative estimate of drug-likeness (QED) is 0.0401. The molecule has 1 saturated carbocycles. The van der Waals surface area contributed by atoms with Crippen LogP contribution in [0.2, 0.25) is 0 Å². The van der Waals surface area contributed by atoms with E-state index in [0.29, 0.717) is 39.4 Å². The standard InChI is InChI=1S/C29H32N4O5S.C22H28N4O2S.C5H5NO4.C5H4O2/c34-16-18-38-17-15-31-11-13-32(14-12-31)29-23-8-6-21(5-7-22(35)20-33-27(36)9-10-28(33)37)19-26(23)39-25-4-2-1-3-24(25)30-29;23-16-17-5-6-18-21(15-17)29-20-4-2-1-3-19(20)24-22(18)26-9-7-25(8-10-26)11-13-28-14-12-27;7-3-1-2-4(8)5(3)10-6-9;6-4-1-2-5(7)3-4/h1-4,6,8-10,19,34H,5,7,11-18,20H2;1-6,15,27H,7-14,16,23H2;5H,1-2H2;1-2H,3H2. The Morgan fingerprint density at radius 3 is 1.52 bits per heavy atom. The van der Waals surface area contributed by atoms with Gasteiger partial charge in [-0.15, -0.1) is 4.91 Å². The Hall–Kier alpha value is -7.39. The van der Waals surface area contributed by atoms with Gasteiger partial charge in [0.1, 0.15) is 11.7 Å². The maximum atomic E-state index is 12.5. The summed E-state index contributed by atoms with van der Waals surface area (Å²) in [5.74, 6) is 0.128. The third kappa shape index (κ3) is 18.1. The van der Waals surface area contributed by atoms with Crippen LogP contribution in [0.3, 0.4) is 0 Å². The van der Waals surface area contributed by atoms with Gasteiger partial charge in [-0.1, -0.05) is 59.9 Å². The minimum atomic E-state index is -1.21. The molecule has 3 fully saturated rings. The summed E-state index contributed by atoms with van der Waals surface area (Å²) in [6.45, 7) is 11.6. The number of aliphatic hydroxyl groups excluding tert-OH is 2. The zero-order chi connectivity index (χ0) is 60.1. The number of rotatable bonds is 18.